The number of halogens is 1. The molecular formula is C21H17ClN2O3S2. The van der Waals surface area contributed by atoms with E-state index >= 15 is 0 Å². The maximum Gasteiger partial charge on any atom is 0.308 e. The van der Waals surface area contributed by atoms with E-state index < -0.39 is 0 Å². The molecule has 0 saturated heterocycles. The summed E-state index contributed by atoms with van der Waals surface area (Å²) in [4.78, 5) is 26.3. The van der Waals surface area contributed by atoms with Gasteiger partial charge in [-0.3, -0.25) is 14.2 Å². The van der Waals surface area contributed by atoms with Crippen LogP contribution < -0.4 is 14.9 Å². The Kier molecular flexibility index (Phi) is 4.89. The van der Waals surface area contributed by atoms with Crippen LogP contribution >= 0.6 is 34.7 Å². The van der Waals surface area contributed by atoms with Crippen LogP contribution in [0.1, 0.15) is 16.4 Å². The third-order valence-corrected chi connectivity index (χ3v) is 7.95. The molecule has 2 aliphatic heterocycles. The lowest BCUT2D eigenvalue weighted by Crippen LogP contribution is -2.31. The molecule has 29 heavy (non-hydrogen) atoms. The van der Waals surface area contributed by atoms with E-state index in [1.165, 1.54) is 11.3 Å². The van der Waals surface area contributed by atoms with Crippen LogP contribution in [-0.4, -0.2) is 22.8 Å². The van der Waals surface area contributed by atoms with Crippen molar-refractivity contribution in [3.63, 3.8) is 0 Å². The predicted octanol–water partition coefficient (Wildman–Crippen LogP) is 4.45. The zero-order valence-corrected chi connectivity index (χ0v) is 17.7. The zero-order valence-electron chi connectivity index (χ0n) is 15.3. The van der Waals surface area contributed by atoms with Gasteiger partial charge in [0.15, 0.2) is 0 Å². The smallest absolute Gasteiger partial charge is 0.308 e. The molecule has 148 valence electrons. The van der Waals surface area contributed by atoms with Crippen LogP contribution in [0.5, 0.6) is 5.75 Å². The van der Waals surface area contributed by atoms with Crippen molar-refractivity contribution in [1.82, 2.24) is 4.57 Å². The summed E-state index contributed by atoms with van der Waals surface area (Å²) in [5.74, 6) is 2.00. The molecule has 1 amide bonds. The van der Waals surface area contributed by atoms with Gasteiger partial charge in [-0.1, -0.05) is 41.1 Å². The number of rotatable bonds is 3. The molecular weight excluding hydrogens is 428 g/mol. The molecule has 2 aliphatic rings. The van der Waals surface area contributed by atoms with E-state index in [9.17, 15) is 9.59 Å². The normalized spacial score (nSPS) is 19.5. The number of nitrogens with zero attached hydrogens (tertiary/aromatic N) is 1. The first kappa shape index (κ1) is 18.8. The summed E-state index contributed by atoms with van der Waals surface area (Å²) >= 11 is 8.78. The number of ether oxygens (including phenoxy) is 1. The Balaban J connectivity index is 1.44. The highest BCUT2D eigenvalue weighted by Gasteiger charge is 2.39. The third-order valence-electron chi connectivity index (χ3n) is 5.20. The molecule has 0 aliphatic carbocycles. The summed E-state index contributed by atoms with van der Waals surface area (Å²) < 4.78 is 7.52. The van der Waals surface area contributed by atoms with Gasteiger partial charge in [-0.15, -0.1) is 11.8 Å². The number of fused-ring (bicyclic) bond motifs is 5. The molecule has 5 rings (SSSR count). The van der Waals surface area contributed by atoms with Crippen molar-refractivity contribution in [2.45, 2.75) is 17.5 Å². The lowest BCUT2D eigenvalue weighted by Gasteiger charge is -2.36. The van der Waals surface area contributed by atoms with E-state index in [4.69, 9.17) is 16.3 Å². The van der Waals surface area contributed by atoms with Gasteiger partial charge in [-0.05, 0) is 30.3 Å². The summed E-state index contributed by atoms with van der Waals surface area (Å²) in [7, 11) is 0. The van der Waals surface area contributed by atoms with Crippen LogP contribution in [0.4, 0.5) is 5.69 Å². The first-order chi connectivity index (χ1) is 14.1. The van der Waals surface area contributed by atoms with Crippen LogP contribution in [0, 0.1) is 5.92 Å². The third kappa shape index (κ3) is 3.47. The van der Waals surface area contributed by atoms with Crippen molar-refractivity contribution in [3.8, 4) is 5.75 Å². The first-order valence-corrected chi connectivity index (χ1v) is 11.4. The molecule has 0 unspecified atom stereocenters. The molecule has 1 N–H and O–H groups in total. The molecule has 8 heteroatoms. The van der Waals surface area contributed by atoms with Gasteiger partial charge in [-0.25, -0.2) is 0 Å². The van der Waals surface area contributed by atoms with Crippen LogP contribution in [0.3, 0.4) is 0 Å². The molecule has 0 spiro atoms. The summed E-state index contributed by atoms with van der Waals surface area (Å²) in [6.07, 6.45) is 0. The number of nitrogens with one attached hydrogen (secondary N) is 1. The molecule has 0 fully saturated rings. The highest BCUT2D eigenvalue weighted by molar-refractivity contribution is 7.99. The van der Waals surface area contributed by atoms with Gasteiger partial charge < -0.3 is 10.1 Å². The second-order valence-corrected chi connectivity index (χ2v) is 9.51. The molecule has 1 aromatic heterocycles. The van der Waals surface area contributed by atoms with Crippen molar-refractivity contribution in [2.75, 3.05) is 17.7 Å². The van der Waals surface area contributed by atoms with Crippen molar-refractivity contribution >= 4 is 46.3 Å². The monoisotopic (exact) mass is 444 g/mol. The number of para-hydroxylation sites is 1. The second-order valence-electron chi connectivity index (χ2n) is 7.08. The van der Waals surface area contributed by atoms with E-state index in [2.05, 4.69) is 11.4 Å². The van der Waals surface area contributed by atoms with E-state index in [1.54, 1.807) is 40.6 Å². The molecule has 0 radical (unpaired) electrons. The molecule has 2 atom stereocenters. The van der Waals surface area contributed by atoms with Crippen LogP contribution in [0.25, 0.3) is 0 Å². The lowest BCUT2D eigenvalue weighted by molar-refractivity contribution is -0.116. The highest BCUT2D eigenvalue weighted by Crippen LogP contribution is 2.50. The van der Waals surface area contributed by atoms with E-state index in [1.807, 2.05) is 18.2 Å². The Morgan fingerprint density at radius 1 is 1.21 bits per heavy atom. The molecule has 3 heterocycles. The minimum Gasteiger partial charge on any atom is -0.493 e. The van der Waals surface area contributed by atoms with Crippen molar-refractivity contribution in [1.29, 1.82) is 0 Å². The van der Waals surface area contributed by atoms with Crippen molar-refractivity contribution in [2.24, 2.45) is 5.92 Å². The number of amides is 1. The SMILES string of the molecule is O=C(Cn1c2c(sc1=O)[C@H]1c3ccccc3OC[C@H]1CS2)Nc1ccc(Cl)cc1. The summed E-state index contributed by atoms with van der Waals surface area (Å²) in [5.41, 5.74) is 1.78. The fourth-order valence-electron chi connectivity index (χ4n) is 3.87. The van der Waals surface area contributed by atoms with Crippen LogP contribution in [0.15, 0.2) is 58.4 Å². The average Bonchev–Trinajstić information content (AvgIpc) is 3.04. The Morgan fingerprint density at radius 3 is 2.83 bits per heavy atom. The van der Waals surface area contributed by atoms with E-state index in [0.717, 1.165) is 27.0 Å². The Hall–Kier alpha value is -2.22. The number of aromatic nitrogens is 1. The number of carbonyl (C=O) groups is 1. The Morgan fingerprint density at radius 2 is 2.00 bits per heavy atom. The number of thioether (sulfide) groups is 1. The summed E-state index contributed by atoms with van der Waals surface area (Å²) in [5, 5.41) is 4.34. The van der Waals surface area contributed by atoms with Gasteiger partial charge >= 0.3 is 4.87 Å². The maximum atomic E-state index is 12.8. The van der Waals surface area contributed by atoms with Gasteiger partial charge in [0.05, 0.1) is 11.6 Å². The van der Waals surface area contributed by atoms with Crippen LogP contribution in [0.2, 0.25) is 5.02 Å². The average molecular weight is 445 g/mol. The van der Waals surface area contributed by atoms with Gasteiger partial charge in [0, 0.05) is 38.7 Å². The van der Waals surface area contributed by atoms with E-state index in [-0.39, 0.29) is 23.2 Å². The Bertz CT molecular complexity index is 1140. The Labute approximate surface area is 180 Å². The molecule has 2 aromatic carbocycles. The lowest BCUT2D eigenvalue weighted by atomic mass is 9.84. The maximum absolute atomic E-state index is 12.8. The number of anilines is 1. The minimum atomic E-state index is -0.231. The van der Waals surface area contributed by atoms with Gasteiger partial charge in [0.25, 0.3) is 0 Å². The molecule has 0 bridgehead atoms. The number of benzene rings is 2. The fourth-order valence-corrected chi connectivity index (χ4v) is 6.69. The highest BCUT2D eigenvalue weighted by atomic mass is 35.5. The molecule has 3 aromatic rings. The van der Waals surface area contributed by atoms with Crippen molar-refractivity contribution < 1.29 is 9.53 Å². The molecule has 5 nitrogen and oxygen atoms in total. The van der Waals surface area contributed by atoms with Crippen LogP contribution in [-0.2, 0) is 11.3 Å². The van der Waals surface area contributed by atoms with Gasteiger partial charge in [-0.2, -0.15) is 0 Å². The number of hydrogen-bond acceptors (Lipinski definition) is 5. The summed E-state index contributed by atoms with van der Waals surface area (Å²) in [6, 6.07) is 14.9. The van der Waals surface area contributed by atoms with Gasteiger partial charge in [0.1, 0.15) is 12.3 Å². The van der Waals surface area contributed by atoms with E-state index in [0.29, 0.717) is 23.2 Å². The number of carbonyl (C=O) groups excluding carboxylic acids is 1. The zero-order chi connectivity index (χ0) is 20.0. The number of thiazole rings is 1. The number of hydrogen-bond donors (Lipinski definition) is 1. The second kappa shape index (κ2) is 7.55. The minimum absolute atomic E-state index is 0.00414. The quantitative estimate of drug-likeness (QED) is 0.648. The predicted molar refractivity (Wildman–Crippen MR) is 117 cm³/mol. The van der Waals surface area contributed by atoms with Crippen molar-refractivity contribution in [3.05, 3.63) is 73.7 Å². The largest absolute Gasteiger partial charge is 0.493 e. The first-order valence-electron chi connectivity index (χ1n) is 9.23. The topological polar surface area (TPSA) is 60.3 Å². The molecule has 0 saturated carbocycles. The standard InChI is InChI=1S/C21H17ClN2O3S2/c22-13-5-7-14(8-6-13)23-17(25)9-24-20-19(29-21(24)26)18-12(11-28-20)10-27-16-4-2-1-3-15(16)18/h1-8,12,18H,9-11H2,(H,23,25)/t12-,18+/m0/s1. The fraction of sp³-hybridized carbons (Fsp3) is 0.238. The van der Waals surface area contributed by atoms with Gasteiger partial charge in [0.2, 0.25) is 5.91 Å². The summed E-state index contributed by atoms with van der Waals surface area (Å²) in [6.45, 7) is 0.646.